The van der Waals surface area contributed by atoms with Crippen LogP contribution in [0.4, 0.5) is 11.6 Å². The van der Waals surface area contributed by atoms with Crippen molar-refractivity contribution in [2.24, 2.45) is 0 Å². The SMILES string of the molecule is O=c1[nH]c(CN2CCN(c3cc(N4CCCC4)ncn3)CC2)nc2ccccc12. The van der Waals surface area contributed by atoms with E-state index in [1.54, 1.807) is 6.33 Å². The fourth-order valence-corrected chi connectivity index (χ4v) is 4.19. The van der Waals surface area contributed by atoms with E-state index < -0.39 is 0 Å². The van der Waals surface area contributed by atoms with Gasteiger partial charge in [0.05, 0.1) is 17.4 Å². The molecule has 150 valence electrons. The molecule has 0 spiro atoms. The van der Waals surface area contributed by atoms with Crippen molar-refractivity contribution in [1.29, 1.82) is 0 Å². The summed E-state index contributed by atoms with van der Waals surface area (Å²) >= 11 is 0. The first-order valence-electron chi connectivity index (χ1n) is 10.3. The summed E-state index contributed by atoms with van der Waals surface area (Å²) in [6.07, 6.45) is 4.16. The van der Waals surface area contributed by atoms with Crippen molar-refractivity contribution in [3.63, 3.8) is 0 Å². The molecule has 1 aromatic carbocycles. The van der Waals surface area contributed by atoms with E-state index in [1.807, 2.05) is 24.3 Å². The topological polar surface area (TPSA) is 81.3 Å². The number of H-pyrrole nitrogens is 1. The minimum absolute atomic E-state index is 0.0698. The van der Waals surface area contributed by atoms with Gasteiger partial charge in [-0.3, -0.25) is 9.69 Å². The number of piperazine rings is 1. The molecule has 3 aromatic rings. The van der Waals surface area contributed by atoms with E-state index in [-0.39, 0.29) is 5.56 Å². The average Bonchev–Trinajstić information content (AvgIpc) is 3.30. The fourth-order valence-electron chi connectivity index (χ4n) is 4.19. The summed E-state index contributed by atoms with van der Waals surface area (Å²) in [6.45, 7) is 6.42. The summed E-state index contributed by atoms with van der Waals surface area (Å²) in [5.74, 6) is 2.76. The number of fused-ring (bicyclic) bond motifs is 1. The van der Waals surface area contributed by atoms with E-state index in [2.05, 4.69) is 40.7 Å². The van der Waals surface area contributed by atoms with Gasteiger partial charge in [-0.1, -0.05) is 12.1 Å². The number of aromatic nitrogens is 4. The maximum atomic E-state index is 12.3. The van der Waals surface area contributed by atoms with E-state index in [4.69, 9.17) is 0 Å². The zero-order valence-electron chi connectivity index (χ0n) is 16.4. The molecular formula is C21H25N7O. The monoisotopic (exact) mass is 391 g/mol. The highest BCUT2D eigenvalue weighted by Gasteiger charge is 2.21. The third kappa shape index (κ3) is 3.80. The van der Waals surface area contributed by atoms with Crippen LogP contribution in [0.5, 0.6) is 0 Å². The molecule has 8 nitrogen and oxygen atoms in total. The average molecular weight is 391 g/mol. The molecule has 0 aliphatic carbocycles. The summed E-state index contributed by atoms with van der Waals surface area (Å²) < 4.78 is 0. The lowest BCUT2D eigenvalue weighted by atomic mass is 10.2. The Morgan fingerprint density at radius 3 is 2.34 bits per heavy atom. The van der Waals surface area contributed by atoms with E-state index in [0.29, 0.717) is 11.9 Å². The number of aromatic amines is 1. The Morgan fingerprint density at radius 2 is 1.59 bits per heavy atom. The molecule has 1 N–H and O–H groups in total. The van der Waals surface area contributed by atoms with Crippen molar-refractivity contribution >= 4 is 22.5 Å². The first-order valence-corrected chi connectivity index (χ1v) is 10.3. The first kappa shape index (κ1) is 18.1. The molecule has 29 heavy (non-hydrogen) atoms. The van der Waals surface area contributed by atoms with Gasteiger partial charge in [0.2, 0.25) is 0 Å². The van der Waals surface area contributed by atoms with Crippen LogP contribution in [-0.2, 0) is 6.54 Å². The van der Waals surface area contributed by atoms with Gasteiger partial charge in [0.25, 0.3) is 5.56 Å². The second kappa shape index (κ2) is 7.79. The molecule has 0 atom stereocenters. The molecule has 4 heterocycles. The zero-order valence-corrected chi connectivity index (χ0v) is 16.4. The van der Waals surface area contributed by atoms with Crippen LogP contribution in [0.25, 0.3) is 10.9 Å². The van der Waals surface area contributed by atoms with E-state index in [1.165, 1.54) is 12.8 Å². The van der Waals surface area contributed by atoms with Crippen molar-refractivity contribution in [1.82, 2.24) is 24.8 Å². The van der Waals surface area contributed by atoms with Gasteiger partial charge in [0.15, 0.2) is 0 Å². The van der Waals surface area contributed by atoms with Gasteiger partial charge in [-0.15, -0.1) is 0 Å². The lowest BCUT2D eigenvalue weighted by molar-refractivity contribution is 0.243. The van der Waals surface area contributed by atoms with Crippen molar-refractivity contribution in [2.45, 2.75) is 19.4 Å². The van der Waals surface area contributed by atoms with Gasteiger partial charge in [-0.2, -0.15) is 0 Å². The minimum atomic E-state index is -0.0698. The largest absolute Gasteiger partial charge is 0.356 e. The number of anilines is 2. The molecule has 0 amide bonds. The van der Waals surface area contributed by atoms with Crippen LogP contribution in [-0.4, -0.2) is 64.1 Å². The molecule has 0 bridgehead atoms. The predicted octanol–water partition coefficient (Wildman–Crippen LogP) is 1.64. The molecule has 0 unspecified atom stereocenters. The van der Waals surface area contributed by atoms with Crippen LogP contribution in [0.3, 0.4) is 0 Å². The molecular weight excluding hydrogens is 366 g/mol. The molecule has 2 aliphatic heterocycles. The molecule has 0 saturated carbocycles. The second-order valence-electron chi connectivity index (χ2n) is 7.72. The molecule has 5 rings (SSSR count). The molecule has 2 saturated heterocycles. The Balaban J connectivity index is 1.24. The minimum Gasteiger partial charge on any atom is -0.356 e. The van der Waals surface area contributed by atoms with Crippen LogP contribution in [0, 0.1) is 0 Å². The molecule has 2 aliphatic rings. The van der Waals surface area contributed by atoms with Gasteiger partial charge in [0.1, 0.15) is 23.8 Å². The van der Waals surface area contributed by atoms with Crippen molar-refractivity contribution in [3.8, 4) is 0 Å². The standard InChI is InChI=1S/C21H25N7O/c29-21-16-5-1-2-6-17(16)24-18(25-21)14-26-9-11-28(12-10-26)20-13-19(22-15-23-20)27-7-3-4-8-27/h1-2,5-6,13,15H,3-4,7-12,14H2,(H,24,25,29). The molecule has 2 aromatic heterocycles. The molecule has 2 fully saturated rings. The Morgan fingerprint density at radius 1 is 0.897 bits per heavy atom. The second-order valence-corrected chi connectivity index (χ2v) is 7.72. The van der Waals surface area contributed by atoms with Crippen LogP contribution in [0.1, 0.15) is 18.7 Å². The highest BCUT2D eigenvalue weighted by molar-refractivity contribution is 5.77. The van der Waals surface area contributed by atoms with E-state index in [9.17, 15) is 4.79 Å². The quantitative estimate of drug-likeness (QED) is 0.724. The summed E-state index contributed by atoms with van der Waals surface area (Å²) in [7, 11) is 0. The number of hydrogen-bond donors (Lipinski definition) is 1. The van der Waals surface area contributed by atoms with Gasteiger partial charge in [-0.25, -0.2) is 15.0 Å². The maximum absolute atomic E-state index is 12.3. The van der Waals surface area contributed by atoms with Gasteiger partial charge >= 0.3 is 0 Å². The van der Waals surface area contributed by atoms with E-state index >= 15 is 0 Å². The fraction of sp³-hybridized carbons (Fsp3) is 0.429. The maximum Gasteiger partial charge on any atom is 0.258 e. The summed E-state index contributed by atoms with van der Waals surface area (Å²) in [5.41, 5.74) is 0.681. The summed E-state index contributed by atoms with van der Waals surface area (Å²) in [5, 5.41) is 0.638. The first-order chi connectivity index (χ1) is 14.3. The normalized spacial score (nSPS) is 17.9. The lowest BCUT2D eigenvalue weighted by Crippen LogP contribution is -2.46. The molecule has 0 radical (unpaired) electrons. The van der Waals surface area contributed by atoms with Crippen molar-refractivity contribution < 1.29 is 0 Å². The Labute approximate surface area is 169 Å². The van der Waals surface area contributed by atoms with Crippen LogP contribution >= 0.6 is 0 Å². The van der Waals surface area contributed by atoms with Crippen LogP contribution in [0.2, 0.25) is 0 Å². The Hall–Kier alpha value is -3.00. The van der Waals surface area contributed by atoms with Crippen LogP contribution in [0.15, 0.2) is 41.5 Å². The number of para-hydroxylation sites is 1. The lowest BCUT2D eigenvalue weighted by Gasteiger charge is -2.35. The zero-order chi connectivity index (χ0) is 19.6. The third-order valence-corrected chi connectivity index (χ3v) is 5.80. The van der Waals surface area contributed by atoms with Crippen LogP contribution < -0.4 is 15.4 Å². The van der Waals surface area contributed by atoms with Gasteiger partial charge in [-0.05, 0) is 25.0 Å². The summed E-state index contributed by atoms with van der Waals surface area (Å²) in [6, 6.07) is 9.58. The predicted molar refractivity (Wildman–Crippen MR) is 113 cm³/mol. The summed E-state index contributed by atoms with van der Waals surface area (Å²) in [4.78, 5) is 35.8. The third-order valence-electron chi connectivity index (χ3n) is 5.80. The number of hydrogen-bond acceptors (Lipinski definition) is 7. The van der Waals surface area contributed by atoms with Crippen molar-refractivity contribution in [3.05, 3.63) is 52.8 Å². The number of nitrogens with one attached hydrogen (secondary N) is 1. The Kier molecular flexibility index (Phi) is 4.85. The highest BCUT2D eigenvalue weighted by atomic mass is 16.1. The number of benzene rings is 1. The van der Waals surface area contributed by atoms with E-state index in [0.717, 1.165) is 62.2 Å². The number of rotatable bonds is 4. The van der Waals surface area contributed by atoms with Crippen molar-refractivity contribution in [2.75, 3.05) is 49.1 Å². The smallest absolute Gasteiger partial charge is 0.258 e. The molecule has 8 heteroatoms. The van der Waals surface area contributed by atoms with Gasteiger partial charge in [0, 0.05) is 45.3 Å². The highest BCUT2D eigenvalue weighted by Crippen LogP contribution is 2.22. The van der Waals surface area contributed by atoms with Gasteiger partial charge < -0.3 is 14.8 Å². The Bertz CT molecular complexity index is 1050. The number of nitrogens with zero attached hydrogens (tertiary/aromatic N) is 6.